The van der Waals surface area contributed by atoms with Crippen LogP contribution >= 0.6 is 11.3 Å². The van der Waals surface area contributed by atoms with Crippen LogP contribution in [0, 0.1) is 0 Å². The van der Waals surface area contributed by atoms with Gasteiger partial charge in [0, 0.05) is 10.9 Å². The summed E-state index contributed by atoms with van der Waals surface area (Å²) in [6.45, 7) is 0. The number of aromatic carboxylic acids is 1. The van der Waals surface area contributed by atoms with Gasteiger partial charge in [-0.1, -0.05) is 6.07 Å². The highest BCUT2D eigenvalue weighted by Crippen LogP contribution is 2.37. The lowest BCUT2D eigenvalue weighted by Crippen LogP contribution is -2.02. The number of methoxy groups -OCH3 is 1. The second-order valence-corrected chi connectivity index (χ2v) is 5.14. The zero-order valence-electron chi connectivity index (χ0n) is 11.1. The molecule has 0 fully saturated rings. The van der Waals surface area contributed by atoms with E-state index in [2.05, 4.69) is 4.98 Å². The second-order valence-electron chi connectivity index (χ2n) is 4.19. The normalized spacial score (nSPS) is 10.5. The van der Waals surface area contributed by atoms with E-state index in [1.807, 2.05) is 17.5 Å². The summed E-state index contributed by atoms with van der Waals surface area (Å²) >= 11 is 1.56. The minimum atomic E-state index is -1.08. The third kappa shape index (κ3) is 2.41. The molecule has 3 aromatic rings. The number of fused-ring (bicyclic) bond motifs is 1. The fraction of sp³-hybridized carbons (Fsp3) is 0.0667. The van der Waals surface area contributed by atoms with Gasteiger partial charge in [-0.2, -0.15) is 0 Å². The first-order valence-electron chi connectivity index (χ1n) is 6.11. The highest BCUT2D eigenvalue weighted by Gasteiger charge is 2.18. The van der Waals surface area contributed by atoms with Gasteiger partial charge in [0.05, 0.1) is 12.5 Å². The Balaban J connectivity index is 2.13. The Hall–Kier alpha value is -2.60. The Morgan fingerprint density at radius 1 is 1.29 bits per heavy atom. The molecular formula is C15H11NO4S. The van der Waals surface area contributed by atoms with Crippen molar-refractivity contribution < 1.29 is 19.4 Å². The van der Waals surface area contributed by atoms with E-state index in [-0.39, 0.29) is 11.3 Å². The first-order chi connectivity index (χ1) is 10.2. The molecule has 1 aromatic carbocycles. The van der Waals surface area contributed by atoms with Crippen LogP contribution in [0.15, 0.2) is 41.9 Å². The van der Waals surface area contributed by atoms with Gasteiger partial charge >= 0.3 is 5.97 Å². The van der Waals surface area contributed by atoms with Gasteiger partial charge in [0.1, 0.15) is 5.56 Å². The molecule has 0 atom stereocenters. The number of rotatable bonds is 4. The fourth-order valence-corrected chi connectivity index (χ4v) is 2.77. The van der Waals surface area contributed by atoms with Gasteiger partial charge in [0.2, 0.25) is 5.88 Å². The molecular weight excluding hydrogens is 290 g/mol. The molecule has 106 valence electrons. The third-order valence-electron chi connectivity index (χ3n) is 2.97. The number of pyridine rings is 1. The van der Waals surface area contributed by atoms with Gasteiger partial charge in [-0.3, -0.25) is 0 Å². The van der Waals surface area contributed by atoms with Crippen LogP contribution in [-0.2, 0) is 0 Å². The van der Waals surface area contributed by atoms with Crippen LogP contribution in [0.4, 0.5) is 0 Å². The third-order valence-corrected chi connectivity index (χ3v) is 3.85. The van der Waals surface area contributed by atoms with Crippen LogP contribution in [0.2, 0.25) is 0 Å². The fourth-order valence-electron chi connectivity index (χ4n) is 2.00. The lowest BCUT2D eigenvalue weighted by molar-refractivity contribution is 0.0693. The SMILES string of the molecule is COc1cccc(C(=O)O)c1Oc1nccc2sccc12. The Morgan fingerprint density at radius 3 is 2.90 bits per heavy atom. The van der Waals surface area contributed by atoms with E-state index in [1.54, 1.807) is 29.7 Å². The quantitative estimate of drug-likeness (QED) is 0.794. The summed E-state index contributed by atoms with van der Waals surface area (Å²) in [7, 11) is 1.46. The number of carboxylic acid groups (broad SMARTS) is 1. The summed E-state index contributed by atoms with van der Waals surface area (Å²) in [5.41, 5.74) is 0.0309. The Bertz CT molecular complexity index is 812. The molecule has 0 saturated heterocycles. The molecule has 6 heteroatoms. The molecule has 0 amide bonds. The Labute approximate surface area is 124 Å². The standard InChI is InChI=1S/C15H11NO4S/c1-19-11-4-2-3-10(15(17)18)13(11)20-14-9-6-8-21-12(9)5-7-16-14/h2-8H,1H3,(H,17,18). The van der Waals surface area contributed by atoms with Gasteiger partial charge in [-0.15, -0.1) is 11.3 Å². The van der Waals surface area contributed by atoms with Gasteiger partial charge < -0.3 is 14.6 Å². The van der Waals surface area contributed by atoms with E-state index in [4.69, 9.17) is 9.47 Å². The average Bonchev–Trinajstić information content (AvgIpc) is 2.96. The molecule has 0 aliphatic heterocycles. The average molecular weight is 301 g/mol. The van der Waals surface area contributed by atoms with E-state index in [1.165, 1.54) is 13.2 Å². The molecule has 0 aliphatic carbocycles. The van der Waals surface area contributed by atoms with E-state index >= 15 is 0 Å². The van der Waals surface area contributed by atoms with Crippen molar-refractivity contribution in [3.63, 3.8) is 0 Å². The minimum Gasteiger partial charge on any atom is -0.493 e. The van der Waals surface area contributed by atoms with E-state index in [9.17, 15) is 9.90 Å². The predicted molar refractivity (Wildman–Crippen MR) is 79.6 cm³/mol. The van der Waals surface area contributed by atoms with Crippen molar-refractivity contribution in [2.75, 3.05) is 7.11 Å². The number of aromatic nitrogens is 1. The summed E-state index contributed by atoms with van der Waals surface area (Å²) < 4.78 is 12.0. The molecule has 0 saturated carbocycles. The summed E-state index contributed by atoms with van der Waals surface area (Å²) in [6, 6.07) is 8.49. The summed E-state index contributed by atoms with van der Waals surface area (Å²) in [6.07, 6.45) is 1.63. The number of nitrogens with zero attached hydrogens (tertiary/aromatic N) is 1. The number of hydrogen-bond acceptors (Lipinski definition) is 5. The van der Waals surface area contributed by atoms with Crippen molar-refractivity contribution >= 4 is 27.4 Å². The first-order valence-corrected chi connectivity index (χ1v) is 6.99. The Morgan fingerprint density at radius 2 is 2.14 bits per heavy atom. The summed E-state index contributed by atoms with van der Waals surface area (Å²) in [5.74, 6) is -0.218. The molecule has 0 spiro atoms. The molecule has 3 rings (SSSR count). The van der Waals surface area contributed by atoms with Crippen molar-refractivity contribution in [1.29, 1.82) is 0 Å². The van der Waals surface area contributed by atoms with Crippen LogP contribution in [0.3, 0.4) is 0 Å². The van der Waals surface area contributed by atoms with Gasteiger partial charge in [0.15, 0.2) is 11.5 Å². The van der Waals surface area contributed by atoms with Gasteiger partial charge in [-0.05, 0) is 29.6 Å². The lowest BCUT2D eigenvalue weighted by atomic mass is 10.2. The maximum Gasteiger partial charge on any atom is 0.339 e. The number of carboxylic acids is 1. The van der Waals surface area contributed by atoms with Crippen LogP contribution < -0.4 is 9.47 Å². The van der Waals surface area contributed by atoms with Gasteiger partial charge in [-0.25, -0.2) is 9.78 Å². The topological polar surface area (TPSA) is 68.7 Å². The number of para-hydroxylation sites is 1. The monoisotopic (exact) mass is 301 g/mol. The van der Waals surface area contributed by atoms with Crippen molar-refractivity contribution in [1.82, 2.24) is 4.98 Å². The van der Waals surface area contributed by atoms with E-state index in [0.717, 1.165) is 10.1 Å². The number of carbonyl (C=O) groups is 1. The summed E-state index contributed by atoms with van der Waals surface area (Å²) in [4.78, 5) is 15.5. The zero-order chi connectivity index (χ0) is 14.8. The number of thiophene rings is 1. The van der Waals surface area contributed by atoms with Crippen LogP contribution in [0.25, 0.3) is 10.1 Å². The predicted octanol–water partition coefficient (Wildman–Crippen LogP) is 3.80. The van der Waals surface area contributed by atoms with Crippen molar-refractivity contribution in [3.8, 4) is 17.4 Å². The van der Waals surface area contributed by atoms with Crippen LogP contribution in [0.5, 0.6) is 17.4 Å². The molecule has 0 aliphatic rings. The molecule has 5 nitrogen and oxygen atoms in total. The van der Waals surface area contributed by atoms with Crippen molar-refractivity contribution in [2.24, 2.45) is 0 Å². The molecule has 2 heterocycles. The number of hydrogen-bond donors (Lipinski definition) is 1. The first kappa shape index (κ1) is 13.4. The van der Waals surface area contributed by atoms with Crippen molar-refractivity contribution in [2.45, 2.75) is 0 Å². The maximum absolute atomic E-state index is 11.3. The highest BCUT2D eigenvalue weighted by molar-refractivity contribution is 7.17. The molecule has 21 heavy (non-hydrogen) atoms. The smallest absolute Gasteiger partial charge is 0.339 e. The molecule has 0 radical (unpaired) electrons. The van der Waals surface area contributed by atoms with Gasteiger partial charge in [0.25, 0.3) is 0 Å². The minimum absolute atomic E-state index is 0.0309. The largest absolute Gasteiger partial charge is 0.493 e. The Kier molecular flexibility index (Phi) is 3.45. The second kappa shape index (κ2) is 5.41. The van der Waals surface area contributed by atoms with E-state index < -0.39 is 5.97 Å². The molecule has 1 N–H and O–H groups in total. The van der Waals surface area contributed by atoms with Crippen LogP contribution in [0.1, 0.15) is 10.4 Å². The highest BCUT2D eigenvalue weighted by atomic mass is 32.1. The number of benzene rings is 1. The molecule has 0 bridgehead atoms. The van der Waals surface area contributed by atoms with Crippen LogP contribution in [-0.4, -0.2) is 23.2 Å². The van der Waals surface area contributed by atoms with Crippen molar-refractivity contribution in [3.05, 3.63) is 47.5 Å². The zero-order valence-corrected chi connectivity index (χ0v) is 11.9. The molecule has 0 unspecified atom stereocenters. The maximum atomic E-state index is 11.3. The number of ether oxygens (including phenoxy) is 2. The molecule has 2 aromatic heterocycles. The lowest BCUT2D eigenvalue weighted by Gasteiger charge is -2.12. The summed E-state index contributed by atoms with van der Waals surface area (Å²) in [5, 5.41) is 12.1. The van der Waals surface area contributed by atoms with E-state index in [0.29, 0.717) is 11.6 Å².